The first kappa shape index (κ1) is 21.4. The van der Waals surface area contributed by atoms with Gasteiger partial charge in [-0.25, -0.2) is 4.57 Å². The third-order valence-electron chi connectivity index (χ3n) is 8.14. The summed E-state index contributed by atoms with van der Waals surface area (Å²) in [6.07, 6.45) is 0. The fraction of sp³-hybridized carbons (Fsp3) is 0.242. The molecule has 3 heterocycles. The van der Waals surface area contributed by atoms with E-state index in [9.17, 15) is 0 Å². The average Bonchev–Trinajstić information content (AvgIpc) is 3.51. The second kappa shape index (κ2) is 7.57. The van der Waals surface area contributed by atoms with Gasteiger partial charge in [0.2, 0.25) is 0 Å². The van der Waals surface area contributed by atoms with E-state index >= 15 is 0 Å². The summed E-state index contributed by atoms with van der Waals surface area (Å²) in [5, 5.41) is 2.70. The molecule has 0 saturated heterocycles. The topological polar surface area (TPSA) is 13.7 Å². The Kier molecular flexibility index (Phi) is 4.51. The molecule has 0 radical (unpaired) electrons. The van der Waals surface area contributed by atoms with E-state index in [0.29, 0.717) is 11.8 Å². The monoisotopic (exact) mass is 470 g/mol. The molecule has 3 nitrogen and oxygen atoms in total. The van der Waals surface area contributed by atoms with Gasteiger partial charge in [0.05, 0.1) is 16.5 Å². The summed E-state index contributed by atoms with van der Waals surface area (Å²) >= 11 is 0. The molecular formula is C33H32N3+. The molecule has 0 N–H and O–H groups in total. The SMILES string of the molecule is CC(C)c1cc(C(C)C)c2c(c1-n1c3[n+](c4ccccc41)Cc1ccccc1-3)c1ccccc1n2C. The molecule has 0 atom stereocenters. The zero-order valence-electron chi connectivity index (χ0n) is 21.7. The number of fused-ring (bicyclic) bond motifs is 8. The largest absolute Gasteiger partial charge is 0.343 e. The van der Waals surface area contributed by atoms with Crippen molar-refractivity contribution in [1.82, 2.24) is 9.13 Å². The van der Waals surface area contributed by atoms with Crippen LogP contribution in [0.4, 0.5) is 0 Å². The maximum absolute atomic E-state index is 2.58. The summed E-state index contributed by atoms with van der Waals surface area (Å²) in [5.74, 6) is 2.11. The maximum Gasteiger partial charge on any atom is 0.295 e. The van der Waals surface area contributed by atoms with Gasteiger partial charge in [-0.1, -0.05) is 76.2 Å². The van der Waals surface area contributed by atoms with Crippen molar-refractivity contribution in [2.75, 3.05) is 0 Å². The molecule has 36 heavy (non-hydrogen) atoms. The van der Waals surface area contributed by atoms with E-state index in [-0.39, 0.29) is 0 Å². The normalized spacial score (nSPS) is 13.0. The number of para-hydroxylation sites is 3. The van der Waals surface area contributed by atoms with Crippen molar-refractivity contribution >= 4 is 32.8 Å². The molecule has 0 spiro atoms. The number of nitrogens with zero attached hydrogens (tertiary/aromatic N) is 3. The Morgan fingerprint density at radius 1 is 0.750 bits per heavy atom. The van der Waals surface area contributed by atoms with Crippen LogP contribution in [0.2, 0.25) is 0 Å². The molecular weight excluding hydrogens is 438 g/mol. The molecule has 0 fully saturated rings. The van der Waals surface area contributed by atoms with E-state index < -0.39 is 0 Å². The van der Waals surface area contributed by atoms with Crippen molar-refractivity contribution in [1.29, 1.82) is 0 Å². The summed E-state index contributed by atoms with van der Waals surface area (Å²) < 4.78 is 7.51. The molecule has 0 bridgehead atoms. The van der Waals surface area contributed by atoms with Crippen LogP contribution < -0.4 is 4.57 Å². The molecule has 6 aromatic rings. The predicted molar refractivity (Wildman–Crippen MR) is 150 cm³/mol. The van der Waals surface area contributed by atoms with Gasteiger partial charge in [-0.2, -0.15) is 4.57 Å². The lowest BCUT2D eigenvalue weighted by Gasteiger charge is -2.19. The first-order valence-corrected chi connectivity index (χ1v) is 13.1. The van der Waals surface area contributed by atoms with Crippen LogP contribution in [0.1, 0.15) is 56.2 Å². The molecule has 7 rings (SSSR count). The zero-order valence-corrected chi connectivity index (χ0v) is 21.7. The Bertz CT molecular complexity index is 1830. The highest BCUT2D eigenvalue weighted by Crippen LogP contribution is 2.44. The van der Waals surface area contributed by atoms with Gasteiger partial charge in [0.15, 0.2) is 11.0 Å². The van der Waals surface area contributed by atoms with Crippen LogP contribution in [0.25, 0.3) is 49.9 Å². The number of rotatable bonds is 3. The highest BCUT2D eigenvalue weighted by Gasteiger charge is 2.37. The first-order valence-electron chi connectivity index (χ1n) is 13.1. The molecule has 0 aliphatic carbocycles. The predicted octanol–water partition coefficient (Wildman–Crippen LogP) is 7.84. The summed E-state index contributed by atoms with van der Waals surface area (Å²) in [5.41, 5.74) is 12.1. The molecule has 4 aromatic carbocycles. The summed E-state index contributed by atoms with van der Waals surface area (Å²) in [4.78, 5) is 0. The van der Waals surface area contributed by atoms with Gasteiger partial charge in [-0.15, -0.1) is 0 Å². The van der Waals surface area contributed by atoms with Gasteiger partial charge in [-0.3, -0.25) is 0 Å². The molecule has 0 amide bonds. The van der Waals surface area contributed by atoms with E-state index in [1.54, 1.807) is 0 Å². The Labute approximate surface area is 212 Å². The highest BCUT2D eigenvalue weighted by molar-refractivity contribution is 6.14. The maximum atomic E-state index is 2.58. The Morgan fingerprint density at radius 2 is 1.42 bits per heavy atom. The van der Waals surface area contributed by atoms with Gasteiger partial charge < -0.3 is 4.57 Å². The van der Waals surface area contributed by atoms with Gasteiger partial charge >= 0.3 is 0 Å². The summed E-state index contributed by atoms with van der Waals surface area (Å²) in [6, 6.07) is 29.2. The minimum Gasteiger partial charge on any atom is -0.343 e. The molecule has 3 heteroatoms. The second-order valence-electron chi connectivity index (χ2n) is 10.9. The number of benzene rings is 4. The van der Waals surface area contributed by atoms with Crippen molar-refractivity contribution < 1.29 is 4.57 Å². The smallest absolute Gasteiger partial charge is 0.295 e. The number of hydrogen-bond donors (Lipinski definition) is 0. The number of aromatic nitrogens is 3. The second-order valence-corrected chi connectivity index (χ2v) is 10.9. The van der Waals surface area contributed by atoms with E-state index in [1.165, 1.54) is 66.6 Å². The van der Waals surface area contributed by atoms with Crippen LogP contribution >= 0.6 is 0 Å². The lowest BCUT2D eigenvalue weighted by molar-refractivity contribution is -0.645. The average molecular weight is 471 g/mol. The molecule has 178 valence electrons. The van der Waals surface area contributed by atoms with Crippen molar-refractivity contribution in [2.45, 2.75) is 46.1 Å². The van der Waals surface area contributed by atoms with Gasteiger partial charge in [-0.05, 0) is 47.7 Å². The minimum absolute atomic E-state index is 0.388. The molecule has 0 unspecified atom stereocenters. The van der Waals surface area contributed by atoms with Crippen LogP contribution in [-0.2, 0) is 13.6 Å². The number of hydrogen-bond acceptors (Lipinski definition) is 0. The third-order valence-corrected chi connectivity index (χ3v) is 8.14. The van der Waals surface area contributed by atoms with Crippen LogP contribution in [0, 0.1) is 0 Å². The zero-order chi connectivity index (χ0) is 24.7. The summed E-state index contributed by atoms with van der Waals surface area (Å²) in [6.45, 7) is 10.2. The summed E-state index contributed by atoms with van der Waals surface area (Å²) in [7, 11) is 2.23. The molecule has 1 aliphatic heterocycles. The van der Waals surface area contributed by atoms with E-state index in [1.807, 2.05) is 0 Å². The minimum atomic E-state index is 0.388. The standard InChI is InChI=1S/C33H32N3/c1-20(2)25-18-26(21(3)4)32(30-24-14-8-9-15-27(24)34(5)31(25)30)36-29-17-11-10-16-28(29)35-19-22-12-6-7-13-23(22)33(35)36/h6-18,20-21H,19H2,1-5H3/q+1. The number of imidazole rings is 1. The van der Waals surface area contributed by atoms with Crippen LogP contribution in [0.5, 0.6) is 0 Å². The Hall–Kier alpha value is -3.85. The van der Waals surface area contributed by atoms with Crippen LogP contribution in [-0.4, -0.2) is 9.13 Å². The van der Waals surface area contributed by atoms with Crippen molar-refractivity contribution in [3.8, 4) is 17.1 Å². The van der Waals surface area contributed by atoms with Gasteiger partial charge in [0.1, 0.15) is 12.2 Å². The fourth-order valence-corrected chi connectivity index (χ4v) is 6.47. The van der Waals surface area contributed by atoms with Crippen molar-refractivity contribution in [3.05, 3.63) is 95.6 Å². The van der Waals surface area contributed by atoms with E-state index in [0.717, 1.165) is 6.54 Å². The lowest BCUT2D eigenvalue weighted by atomic mass is 9.90. The Morgan fingerprint density at radius 3 is 2.19 bits per heavy atom. The molecule has 2 aromatic heterocycles. The highest BCUT2D eigenvalue weighted by atomic mass is 15.2. The lowest BCUT2D eigenvalue weighted by Crippen LogP contribution is -2.31. The van der Waals surface area contributed by atoms with E-state index in [4.69, 9.17) is 0 Å². The van der Waals surface area contributed by atoms with Gasteiger partial charge in [0.25, 0.3) is 5.82 Å². The molecule has 1 aliphatic rings. The fourth-order valence-electron chi connectivity index (χ4n) is 6.47. The van der Waals surface area contributed by atoms with Gasteiger partial charge in [0, 0.05) is 29.1 Å². The van der Waals surface area contributed by atoms with Crippen molar-refractivity contribution in [2.24, 2.45) is 7.05 Å². The Balaban J connectivity index is 1.76. The number of aryl methyl sites for hydroxylation is 1. The third kappa shape index (κ3) is 2.71. The van der Waals surface area contributed by atoms with Crippen molar-refractivity contribution in [3.63, 3.8) is 0 Å². The molecule has 0 saturated carbocycles. The van der Waals surface area contributed by atoms with E-state index in [2.05, 4.69) is 127 Å². The first-order chi connectivity index (χ1) is 17.5. The quantitative estimate of drug-likeness (QED) is 0.234. The van der Waals surface area contributed by atoms with Crippen LogP contribution in [0.3, 0.4) is 0 Å². The van der Waals surface area contributed by atoms with Crippen LogP contribution in [0.15, 0.2) is 78.9 Å².